The number of allylic oxidation sites excluding steroid dienone is 1. The summed E-state index contributed by atoms with van der Waals surface area (Å²) in [5.41, 5.74) is 2.41. The molecule has 3 aromatic carbocycles. The lowest BCUT2D eigenvalue weighted by Gasteiger charge is -2.16. The first-order chi connectivity index (χ1) is 16.1. The van der Waals surface area contributed by atoms with Crippen LogP contribution in [0.1, 0.15) is 12.5 Å². The van der Waals surface area contributed by atoms with Crippen LogP contribution in [0, 0.1) is 0 Å². The molecule has 0 spiro atoms. The van der Waals surface area contributed by atoms with Crippen LogP contribution in [0.2, 0.25) is 0 Å². The van der Waals surface area contributed by atoms with Crippen molar-refractivity contribution in [2.45, 2.75) is 13.5 Å². The monoisotopic (exact) mass is 442 g/mol. The summed E-state index contributed by atoms with van der Waals surface area (Å²) < 4.78 is 18.4. The molecule has 0 atom stereocenters. The molecule has 4 rings (SSSR count). The number of rotatable bonds is 8. The molecule has 33 heavy (non-hydrogen) atoms. The molecule has 0 aliphatic carbocycles. The molecular formula is C27H26N2O4. The minimum Gasteiger partial charge on any atom is -0.497 e. The van der Waals surface area contributed by atoms with Crippen molar-refractivity contribution < 1.29 is 14.2 Å². The molecule has 1 heterocycles. The predicted octanol–water partition coefficient (Wildman–Crippen LogP) is 5.19. The third kappa shape index (κ3) is 4.75. The zero-order valence-corrected chi connectivity index (χ0v) is 18.9. The lowest BCUT2D eigenvalue weighted by Crippen LogP contribution is -2.26. The average molecular weight is 443 g/mol. The van der Waals surface area contributed by atoms with Gasteiger partial charge in [-0.3, -0.25) is 9.36 Å². The maximum absolute atomic E-state index is 13.3. The molecule has 1 aromatic heterocycles. The molecule has 0 aliphatic heterocycles. The summed E-state index contributed by atoms with van der Waals surface area (Å²) in [5, 5.41) is 0.572. The zero-order valence-electron chi connectivity index (χ0n) is 18.9. The van der Waals surface area contributed by atoms with Crippen molar-refractivity contribution in [3.8, 4) is 28.6 Å². The fourth-order valence-electron chi connectivity index (χ4n) is 3.68. The number of para-hydroxylation sites is 1. The van der Waals surface area contributed by atoms with Crippen LogP contribution >= 0.6 is 0 Å². The SMILES string of the molecule is C/C=C/c1ccc(OCCn2c(-c3ccc(OC)cc3)nc3ccccc3c2=O)c(OC)c1. The number of benzene rings is 3. The third-order valence-electron chi connectivity index (χ3n) is 5.33. The van der Waals surface area contributed by atoms with Gasteiger partial charge in [-0.2, -0.15) is 0 Å². The van der Waals surface area contributed by atoms with Gasteiger partial charge in [-0.1, -0.05) is 30.4 Å². The summed E-state index contributed by atoms with van der Waals surface area (Å²) in [6.45, 7) is 2.58. The molecule has 6 nitrogen and oxygen atoms in total. The molecule has 0 saturated heterocycles. The first-order valence-electron chi connectivity index (χ1n) is 10.7. The summed E-state index contributed by atoms with van der Waals surface area (Å²) in [5.74, 6) is 2.59. The highest BCUT2D eigenvalue weighted by Gasteiger charge is 2.14. The van der Waals surface area contributed by atoms with E-state index >= 15 is 0 Å². The van der Waals surface area contributed by atoms with Gasteiger partial charge in [-0.25, -0.2) is 4.98 Å². The van der Waals surface area contributed by atoms with Gasteiger partial charge in [-0.15, -0.1) is 0 Å². The maximum Gasteiger partial charge on any atom is 0.261 e. The first-order valence-corrected chi connectivity index (χ1v) is 10.7. The van der Waals surface area contributed by atoms with Crippen LogP contribution in [0.15, 0.2) is 77.6 Å². The topological polar surface area (TPSA) is 62.6 Å². The summed E-state index contributed by atoms with van der Waals surface area (Å²) >= 11 is 0. The standard InChI is InChI=1S/C27H26N2O4/c1-4-7-19-10-15-24(25(18-19)32-3)33-17-16-29-26(20-11-13-21(31-2)14-12-20)28-23-9-6-5-8-22(23)27(29)30/h4-15,18H,16-17H2,1-3H3/b7-4+. The number of nitrogens with zero attached hydrogens (tertiary/aromatic N) is 2. The normalized spacial score (nSPS) is 11.1. The van der Waals surface area contributed by atoms with Gasteiger partial charge in [0.2, 0.25) is 0 Å². The van der Waals surface area contributed by atoms with E-state index in [-0.39, 0.29) is 12.2 Å². The third-order valence-corrected chi connectivity index (χ3v) is 5.33. The molecule has 168 valence electrons. The van der Waals surface area contributed by atoms with Gasteiger partial charge in [0.15, 0.2) is 11.5 Å². The summed E-state index contributed by atoms with van der Waals surface area (Å²) in [6.07, 6.45) is 3.96. The Hall–Kier alpha value is -4.06. The Kier molecular flexibility index (Phi) is 6.74. The fourth-order valence-corrected chi connectivity index (χ4v) is 3.68. The first kappa shape index (κ1) is 22.1. The Labute approximate surface area is 192 Å². The molecule has 0 N–H and O–H groups in total. The number of ether oxygens (including phenoxy) is 3. The van der Waals surface area contributed by atoms with Crippen molar-refractivity contribution in [3.05, 3.63) is 88.7 Å². The van der Waals surface area contributed by atoms with Crippen LogP contribution in [0.4, 0.5) is 0 Å². The van der Waals surface area contributed by atoms with Gasteiger partial charge in [0.05, 0.1) is 31.7 Å². The van der Waals surface area contributed by atoms with Gasteiger partial charge in [0.1, 0.15) is 18.2 Å². The van der Waals surface area contributed by atoms with Gasteiger partial charge in [0, 0.05) is 5.56 Å². The van der Waals surface area contributed by atoms with E-state index in [0.717, 1.165) is 16.9 Å². The highest BCUT2D eigenvalue weighted by molar-refractivity contribution is 5.79. The van der Waals surface area contributed by atoms with Crippen LogP contribution in [0.5, 0.6) is 17.2 Å². The fraction of sp³-hybridized carbons (Fsp3) is 0.185. The van der Waals surface area contributed by atoms with Crippen molar-refractivity contribution in [2.75, 3.05) is 20.8 Å². The van der Waals surface area contributed by atoms with Crippen molar-refractivity contribution in [2.24, 2.45) is 0 Å². The van der Waals surface area contributed by atoms with E-state index in [1.165, 1.54) is 0 Å². The van der Waals surface area contributed by atoms with E-state index < -0.39 is 0 Å². The molecular weight excluding hydrogens is 416 g/mol. The second-order valence-corrected chi connectivity index (χ2v) is 7.40. The number of aromatic nitrogens is 2. The van der Waals surface area contributed by atoms with E-state index in [1.54, 1.807) is 24.9 Å². The minimum absolute atomic E-state index is 0.106. The quantitative estimate of drug-likeness (QED) is 0.376. The minimum atomic E-state index is -0.106. The lowest BCUT2D eigenvalue weighted by molar-refractivity contribution is 0.278. The second kappa shape index (κ2) is 10.0. The molecule has 0 amide bonds. The van der Waals surface area contributed by atoms with Gasteiger partial charge in [0.25, 0.3) is 5.56 Å². The molecule has 0 unspecified atom stereocenters. The molecule has 0 aliphatic rings. The van der Waals surface area contributed by atoms with Crippen LogP contribution in [0.25, 0.3) is 28.4 Å². The predicted molar refractivity (Wildman–Crippen MR) is 131 cm³/mol. The van der Waals surface area contributed by atoms with Crippen molar-refractivity contribution in [1.29, 1.82) is 0 Å². The number of hydrogen-bond acceptors (Lipinski definition) is 5. The van der Waals surface area contributed by atoms with Crippen LogP contribution in [-0.4, -0.2) is 30.4 Å². The molecule has 0 saturated carbocycles. The molecule has 6 heteroatoms. The van der Waals surface area contributed by atoms with Crippen LogP contribution in [-0.2, 0) is 6.54 Å². The Bertz CT molecular complexity index is 1340. The van der Waals surface area contributed by atoms with Gasteiger partial charge < -0.3 is 14.2 Å². The van der Waals surface area contributed by atoms with Crippen LogP contribution < -0.4 is 19.8 Å². The van der Waals surface area contributed by atoms with E-state index in [4.69, 9.17) is 19.2 Å². The van der Waals surface area contributed by atoms with E-state index in [2.05, 4.69) is 0 Å². The highest BCUT2D eigenvalue weighted by atomic mass is 16.5. The summed E-state index contributed by atoms with van der Waals surface area (Å²) in [7, 11) is 3.23. The number of fused-ring (bicyclic) bond motifs is 1. The maximum atomic E-state index is 13.3. The second-order valence-electron chi connectivity index (χ2n) is 7.40. The molecule has 0 fully saturated rings. The van der Waals surface area contributed by atoms with E-state index in [9.17, 15) is 4.79 Å². The number of methoxy groups -OCH3 is 2. The molecule has 0 bridgehead atoms. The summed E-state index contributed by atoms with van der Waals surface area (Å²) in [4.78, 5) is 18.1. The largest absolute Gasteiger partial charge is 0.497 e. The van der Waals surface area contributed by atoms with Crippen molar-refractivity contribution >= 4 is 17.0 Å². The Morgan fingerprint density at radius 3 is 2.45 bits per heavy atom. The Morgan fingerprint density at radius 2 is 1.73 bits per heavy atom. The molecule has 4 aromatic rings. The van der Waals surface area contributed by atoms with E-state index in [1.807, 2.05) is 79.7 Å². The van der Waals surface area contributed by atoms with Crippen LogP contribution in [0.3, 0.4) is 0 Å². The van der Waals surface area contributed by atoms with Crippen molar-refractivity contribution in [1.82, 2.24) is 9.55 Å². The number of hydrogen-bond donors (Lipinski definition) is 0. The molecule has 0 radical (unpaired) electrons. The summed E-state index contributed by atoms with van der Waals surface area (Å²) in [6, 6.07) is 20.6. The van der Waals surface area contributed by atoms with Crippen molar-refractivity contribution in [3.63, 3.8) is 0 Å². The lowest BCUT2D eigenvalue weighted by atomic mass is 10.1. The van der Waals surface area contributed by atoms with E-state index in [0.29, 0.717) is 34.8 Å². The Morgan fingerprint density at radius 1 is 0.939 bits per heavy atom. The highest BCUT2D eigenvalue weighted by Crippen LogP contribution is 2.29. The average Bonchev–Trinajstić information content (AvgIpc) is 2.86. The zero-order chi connectivity index (χ0) is 23.2. The van der Waals surface area contributed by atoms with Gasteiger partial charge in [-0.05, 0) is 61.0 Å². The smallest absolute Gasteiger partial charge is 0.261 e. The van der Waals surface area contributed by atoms with Gasteiger partial charge >= 0.3 is 0 Å². The Balaban J connectivity index is 1.67.